The zero-order chi connectivity index (χ0) is 10.6. The number of thiophene rings is 1. The van der Waals surface area contributed by atoms with Crippen LogP contribution >= 0.6 is 11.3 Å². The summed E-state index contributed by atoms with van der Waals surface area (Å²) < 4.78 is 0. The maximum Gasteiger partial charge on any atom is 0.189 e. The molecule has 0 saturated heterocycles. The van der Waals surface area contributed by atoms with Crippen LogP contribution in [0.5, 0.6) is 0 Å². The SMILES string of the molecule is CC(C)CC(C#N)C(=O)c1cccs1. The third-order valence-electron chi connectivity index (χ3n) is 1.94. The standard InChI is InChI=1S/C11H13NOS/c1-8(2)6-9(7-12)11(13)10-4-3-5-14-10/h3-5,8-9H,6H2,1-2H3. The molecule has 0 aliphatic heterocycles. The normalized spacial score (nSPS) is 12.4. The molecule has 1 atom stereocenters. The van der Waals surface area contributed by atoms with E-state index in [1.807, 2.05) is 25.3 Å². The summed E-state index contributed by atoms with van der Waals surface area (Å²) in [6, 6.07) is 5.69. The quantitative estimate of drug-likeness (QED) is 0.712. The molecule has 14 heavy (non-hydrogen) atoms. The van der Waals surface area contributed by atoms with Crippen LogP contribution in [0.15, 0.2) is 17.5 Å². The van der Waals surface area contributed by atoms with E-state index in [2.05, 4.69) is 6.07 Å². The van der Waals surface area contributed by atoms with Gasteiger partial charge in [0.2, 0.25) is 0 Å². The Balaban J connectivity index is 2.72. The molecule has 1 aromatic heterocycles. The molecule has 0 fully saturated rings. The second kappa shape index (κ2) is 4.92. The van der Waals surface area contributed by atoms with Gasteiger partial charge in [-0.15, -0.1) is 11.3 Å². The summed E-state index contributed by atoms with van der Waals surface area (Å²) in [7, 11) is 0. The Kier molecular flexibility index (Phi) is 3.84. The first kappa shape index (κ1) is 10.9. The van der Waals surface area contributed by atoms with E-state index in [0.717, 1.165) is 0 Å². The summed E-state index contributed by atoms with van der Waals surface area (Å²) in [5, 5.41) is 10.7. The first-order valence-corrected chi connectivity index (χ1v) is 5.50. The van der Waals surface area contributed by atoms with Crippen molar-refractivity contribution in [2.24, 2.45) is 11.8 Å². The van der Waals surface area contributed by atoms with Gasteiger partial charge >= 0.3 is 0 Å². The Hall–Kier alpha value is -1.14. The van der Waals surface area contributed by atoms with Crippen LogP contribution < -0.4 is 0 Å². The van der Waals surface area contributed by atoms with Gasteiger partial charge in [0.15, 0.2) is 5.78 Å². The van der Waals surface area contributed by atoms with Crippen LogP contribution in [-0.2, 0) is 0 Å². The molecule has 1 rings (SSSR count). The van der Waals surface area contributed by atoms with Crippen molar-refractivity contribution in [3.63, 3.8) is 0 Å². The van der Waals surface area contributed by atoms with Gasteiger partial charge in [0.05, 0.1) is 10.9 Å². The van der Waals surface area contributed by atoms with Gasteiger partial charge in [-0.2, -0.15) is 5.26 Å². The Morgan fingerprint density at radius 2 is 2.36 bits per heavy atom. The molecular weight excluding hydrogens is 194 g/mol. The third-order valence-corrected chi connectivity index (χ3v) is 2.83. The molecule has 0 amide bonds. The molecule has 0 N–H and O–H groups in total. The zero-order valence-electron chi connectivity index (χ0n) is 8.36. The van der Waals surface area contributed by atoms with Crippen molar-refractivity contribution in [2.75, 3.05) is 0 Å². The first-order valence-electron chi connectivity index (χ1n) is 4.62. The summed E-state index contributed by atoms with van der Waals surface area (Å²) >= 11 is 1.40. The minimum absolute atomic E-state index is 0.0313. The molecule has 3 heteroatoms. The van der Waals surface area contributed by atoms with E-state index in [0.29, 0.717) is 17.2 Å². The number of carbonyl (C=O) groups excluding carboxylic acids is 1. The summed E-state index contributed by atoms with van der Waals surface area (Å²) in [5.41, 5.74) is 0. The van der Waals surface area contributed by atoms with E-state index in [-0.39, 0.29) is 5.78 Å². The van der Waals surface area contributed by atoms with Gasteiger partial charge in [0, 0.05) is 0 Å². The molecule has 1 unspecified atom stereocenters. The molecule has 1 aromatic rings. The second-order valence-electron chi connectivity index (χ2n) is 3.65. The van der Waals surface area contributed by atoms with Crippen LogP contribution in [0.25, 0.3) is 0 Å². The Morgan fingerprint density at radius 3 is 2.79 bits per heavy atom. The van der Waals surface area contributed by atoms with E-state index in [1.54, 1.807) is 6.07 Å². The number of hydrogen-bond acceptors (Lipinski definition) is 3. The molecule has 0 saturated carbocycles. The van der Waals surface area contributed by atoms with Crippen LogP contribution in [0.4, 0.5) is 0 Å². The Morgan fingerprint density at radius 1 is 1.64 bits per heavy atom. The molecule has 0 aliphatic carbocycles. The molecule has 2 nitrogen and oxygen atoms in total. The van der Waals surface area contributed by atoms with Crippen molar-refractivity contribution >= 4 is 17.1 Å². The second-order valence-corrected chi connectivity index (χ2v) is 4.60. The summed E-state index contributed by atoms with van der Waals surface area (Å²) in [5.74, 6) is -0.131. The van der Waals surface area contributed by atoms with Gasteiger partial charge < -0.3 is 0 Å². The summed E-state index contributed by atoms with van der Waals surface area (Å²) in [6.45, 7) is 4.04. The summed E-state index contributed by atoms with van der Waals surface area (Å²) in [6.07, 6.45) is 0.646. The number of Topliss-reactive ketones (excluding diaryl/α,β-unsaturated/α-hetero) is 1. The van der Waals surface area contributed by atoms with Crippen molar-refractivity contribution < 1.29 is 4.79 Å². The monoisotopic (exact) mass is 207 g/mol. The highest BCUT2D eigenvalue weighted by atomic mass is 32.1. The third kappa shape index (κ3) is 2.68. The zero-order valence-corrected chi connectivity index (χ0v) is 9.17. The molecule has 74 valence electrons. The Labute approximate surface area is 88.2 Å². The fourth-order valence-electron chi connectivity index (χ4n) is 1.28. The van der Waals surface area contributed by atoms with Crippen molar-refractivity contribution in [1.82, 2.24) is 0 Å². The maximum atomic E-state index is 11.8. The van der Waals surface area contributed by atoms with Gasteiger partial charge in [-0.25, -0.2) is 0 Å². The van der Waals surface area contributed by atoms with E-state index < -0.39 is 5.92 Å². The van der Waals surface area contributed by atoms with Gasteiger partial charge in [-0.05, 0) is 23.8 Å². The number of rotatable bonds is 4. The molecule has 0 radical (unpaired) electrons. The fourth-order valence-corrected chi connectivity index (χ4v) is 2.00. The number of hydrogen-bond donors (Lipinski definition) is 0. The summed E-state index contributed by atoms with van der Waals surface area (Å²) in [4.78, 5) is 12.5. The fraction of sp³-hybridized carbons (Fsp3) is 0.455. The average Bonchev–Trinajstić information content (AvgIpc) is 2.65. The predicted molar refractivity (Wildman–Crippen MR) is 57.2 cm³/mol. The minimum Gasteiger partial charge on any atom is -0.292 e. The average molecular weight is 207 g/mol. The molecule has 0 aromatic carbocycles. The largest absolute Gasteiger partial charge is 0.292 e. The van der Waals surface area contributed by atoms with Crippen molar-refractivity contribution in [3.05, 3.63) is 22.4 Å². The lowest BCUT2D eigenvalue weighted by atomic mass is 9.94. The molecule has 0 bridgehead atoms. The Bertz CT molecular complexity index is 335. The first-order chi connectivity index (χ1) is 6.65. The van der Waals surface area contributed by atoms with Gasteiger partial charge in [-0.3, -0.25) is 4.79 Å². The van der Waals surface area contributed by atoms with E-state index in [9.17, 15) is 4.79 Å². The highest BCUT2D eigenvalue weighted by Gasteiger charge is 2.21. The van der Waals surface area contributed by atoms with Crippen molar-refractivity contribution in [1.29, 1.82) is 5.26 Å². The minimum atomic E-state index is -0.478. The molecule has 0 aliphatic rings. The smallest absolute Gasteiger partial charge is 0.189 e. The topological polar surface area (TPSA) is 40.9 Å². The van der Waals surface area contributed by atoms with Crippen LogP contribution in [0.1, 0.15) is 29.9 Å². The van der Waals surface area contributed by atoms with E-state index >= 15 is 0 Å². The highest BCUT2D eigenvalue weighted by Crippen LogP contribution is 2.19. The van der Waals surface area contributed by atoms with Crippen LogP contribution in [-0.4, -0.2) is 5.78 Å². The maximum absolute atomic E-state index is 11.8. The van der Waals surface area contributed by atoms with Gasteiger partial charge in [0.1, 0.15) is 5.92 Å². The highest BCUT2D eigenvalue weighted by molar-refractivity contribution is 7.12. The molecule has 0 spiro atoms. The number of nitriles is 1. The number of ketones is 1. The van der Waals surface area contributed by atoms with Crippen LogP contribution in [0.2, 0.25) is 0 Å². The van der Waals surface area contributed by atoms with Crippen LogP contribution in [0, 0.1) is 23.2 Å². The predicted octanol–water partition coefficient (Wildman–Crippen LogP) is 3.12. The molecule has 1 heterocycles. The van der Waals surface area contributed by atoms with Gasteiger partial charge in [0.25, 0.3) is 0 Å². The van der Waals surface area contributed by atoms with Crippen molar-refractivity contribution in [3.8, 4) is 6.07 Å². The van der Waals surface area contributed by atoms with Crippen LogP contribution in [0.3, 0.4) is 0 Å². The van der Waals surface area contributed by atoms with Crippen molar-refractivity contribution in [2.45, 2.75) is 20.3 Å². The lowest BCUT2D eigenvalue weighted by Gasteiger charge is -2.08. The van der Waals surface area contributed by atoms with E-state index in [4.69, 9.17) is 5.26 Å². The lowest BCUT2D eigenvalue weighted by molar-refractivity contribution is 0.0941. The van der Waals surface area contributed by atoms with E-state index in [1.165, 1.54) is 11.3 Å². The number of carbonyl (C=O) groups is 1. The lowest BCUT2D eigenvalue weighted by Crippen LogP contribution is -2.13. The van der Waals surface area contributed by atoms with Gasteiger partial charge in [-0.1, -0.05) is 19.9 Å². The molecular formula is C11H13NOS. The number of nitrogens with zero attached hydrogens (tertiary/aromatic N) is 1.